The average molecular weight is 1210 g/mol. The lowest BCUT2D eigenvalue weighted by molar-refractivity contribution is -0.157. The molecule has 1 rings (SSSR count). The van der Waals surface area contributed by atoms with E-state index in [9.17, 15) is 48.3 Å². The summed E-state index contributed by atoms with van der Waals surface area (Å²) < 4.78 is 0. The topological polar surface area (TPSA) is 279 Å². The van der Waals surface area contributed by atoms with Gasteiger partial charge in [-0.05, 0) is 93.8 Å². The molecule has 5 N–H and O–H groups in total. The molecule has 1 fully saturated rings. The van der Waals surface area contributed by atoms with Gasteiger partial charge in [-0.25, -0.2) is 0 Å². The number of nitrogens with one attached hydrogen (secondary N) is 4. The number of hydrogen-bond acceptors (Lipinski definition) is 12. The van der Waals surface area contributed by atoms with Gasteiger partial charge >= 0.3 is 0 Å². The van der Waals surface area contributed by atoms with E-state index in [0.29, 0.717) is 0 Å². The van der Waals surface area contributed by atoms with Crippen molar-refractivity contribution in [1.29, 1.82) is 0 Å². The summed E-state index contributed by atoms with van der Waals surface area (Å²) in [7, 11) is 9.88. The van der Waals surface area contributed by atoms with Crippen molar-refractivity contribution >= 4 is 65.0 Å². The van der Waals surface area contributed by atoms with Gasteiger partial charge in [-0.15, -0.1) is 0 Å². The summed E-state index contributed by atoms with van der Waals surface area (Å²) in [5.41, 5.74) is 0. The van der Waals surface area contributed by atoms with Crippen LogP contribution in [0.2, 0.25) is 0 Å². The van der Waals surface area contributed by atoms with Crippen LogP contribution in [0.15, 0.2) is 24.8 Å². The van der Waals surface area contributed by atoms with Crippen LogP contribution in [0.25, 0.3) is 0 Å². The Morgan fingerprint density at radius 3 is 1.35 bits per heavy atom. The van der Waals surface area contributed by atoms with Crippen molar-refractivity contribution in [1.82, 2.24) is 55.6 Å². The zero-order valence-corrected chi connectivity index (χ0v) is 56.3. The Labute approximate surface area is 514 Å². The first-order chi connectivity index (χ1) is 39.7. The van der Waals surface area contributed by atoms with Crippen molar-refractivity contribution in [3.05, 3.63) is 24.8 Å². The standard InChI is InChI=1S/C63H111N11O12/c1-25-27-28-29-41(15)53(76)52-57(80)66-44(26-2)59(82)68(18)34-49(75)69(19)45(30-35(3)4)56(79)67-50(39(11)12)62(85)70(20)46(31-36(5)6)55(78)64-42(16)54(77)65-43(17)58(81)71(21)47(32-37(7)8)60(83)72(22)48(33-38(9)10)61(84)73(23)51(40(13)14)63(86)74(52)24/h25,27-28,35-48,50-53,76H,1,26,29-34H2,2-24H3,(H,64,78)(H,65,77)(H,66,80)(H,67,79)/b28-27+/t41-,42+,43-,44+,45+,46+,47+,48+,50+,51+,52+,53-/m1/s1. The van der Waals surface area contributed by atoms with Crippen molar-refractivity contribution in [2.24, 2.45) is 41.4 Å². The number of carbonyl (C=O) groups excluding carboxylic acids is 11. The van der Waals surface area contributed by atoms with Crippen molar-refractivity contribution in [3.63, 3.8) is 0 Å². The molecule has 86 heavy (non-hydrogen) atoms. The molecule has 0 aliphatic carbocycles. The van der Waals surface area contributed by atoms with E-state index in [0.717, 1.165) is 9.80 Å². The van der Waals surface area contributed by atoms with Crippen LogP contribution in [0.5, 0.6) is 0 Å². The fourth-order valence-corrected chi connectivity index (χ4v) is 10.7. The van der Waals surface area contributed by atoms with E-state index in [-0.39, 0.29) is 62.2 Å². The highest BCUT2D eigenvalue weighted by Gasteiger charge is 2.45. The fourth-order valence-electron chi connectivity index (χ4n) is 10.7. The summed E-state index contributed by atoms with van der Waals surface area (Å²) in [5.74, 6) is -9.86. The van der Waals surface area contributed by atoms with Crippen LogP contribution >= 0.6 is 0 Å². The summed E-state index contributed by atoms with van der Waals surface area (Å²) in [5, 5.41) is 23.1. The molecule has 0 spiro atoms. The van der Waals surface area contributed by atoms with Gasteiger partial charge in [0.1, 0.15) is 60.4 Å². The molecule has 0 unspecified atom stereocenters. The maximum absolute atomic E-state index is 15.2. The maximum Gasteiger partial charge on any atom is 0.246 e. The molecule has 0 aromatic rings. The third kappa shape index (κ3) is 21.8. The molecule has 0 bridgehead atoms. The van der Waals surface area contributed by atoms with Crippen molar-refractivity contribution in [2.75, 3.05) is 55.9 Å². The molecule has 11 amide bonds. The molecule has 1 heterocycles. The number of hydrogen-bond donors (Lipinski definition) is 5. The van der Waals surface area contributed by atoms with Gasteiger partial charge in [-0.1, -0.05) is 122 Å². The average Bonchev–Trinajstić information content (AvgIpc) is 3.63. The summed E-state index contributed by atoms with van der Waals surface area (Å²) in [6, 6.07) is -12.4. The Morgan fingerprint density at radius 2 is 0.895 bits per heavy atom. The first-order valence-electron chi connectivity index (χ1n) is 30.7. The minimum Gasteiger partial charge on any atom is -0.390 e. The molecule has 1 aliphatic heterocycles. The molecule has 0 aromatic heterocycles. The van der Waals surface area contributed by atoms with Crippen molar-refractivity contribution < 1.29 is 57.8 Å². The van der Waals surface area contributed by atoms with Gasteiger partial charge in [0.15, 0.2) is 0 Å². The Bertz CT molecular complexity index is 2380. The molecular formula is C63H111N11O12. The quantitative estimate of drug-likeness (QED) is 0.139. The van der Waals surface area contributed by atoms with Gasteiger partial charge in [0.2, 0.25) is 65.0 Å². The number of amides is 11. The van der Waals surface area contributed by atoms with E-state index in [1.165, 1.54) is 87.7 Å². The molecule has 1 aliphatic rings. The second-order valence-corrected chi connectivity index (χ2v) is 26.2. The molecule has 0 aromatic carbocycles. The molecule has 23 nitrogen and oxygen atoms in total. The van der Waals surface area contributed by atoms with Crippen LogP contribution in [0, 0.1) is 41.4 Å². The van der Waals surface area contributed by atoms with Gasteiger partial charge in [-0.2, -0.15) is 0 Å². The zero-order chi connectivity index (χ0) is 66.7. The lowest BCUT2D eigenvalue weighted by atomic mass is 9.91. The number of likely N-dealkylation sites (N-methyl/N-ethyl adjacent to an activating group) is 7. The van der Waals surface area contributed by atoms with Gasteiger partial charge < -0.3 is 60.7 Å². The summed E-state index contributed by atoms with van der Waals surface area (Å²) in [6.07, 6.45) is 4.30. The lowest BCUT2D eigenvalue weighted by Crippen LogP contribution is -2.63. The first-order valence-corrected chi connectivity index (χ1v) is 30.7. The van der Waals surface area contributed by atoms with Crippen molar-refractivity contribution in [3.8, 4) is 0 Å². The van der Waals surface area contributed by atoms with Crippen LogP contribution < -0.4 is 21.3 Å². The van der Waals surface area contributed by atoms with Gasteiger partial charge in [0, 0.05) is 49.3 Å². The van der Waals surface area contributed by atoms with Gasteiger partial charge in [0.25, 0.3) is 0 Å². The van der Waals surface area contributed by atoms with Crippen LogP contribution in [0.1, 0.15) is 149 Å². The van der Waals surface area contributed by atoms with Gasteiger partial charge in [0.05, 0.1) is 12.6 Å². The summed E-state index contributed by atoms with van der Waals surface area (Å²) in [4.78, 5) is 169. The molecule has 0 radical (unpaired) electrons. The molecule has 12 atom stereocenters. The number of aliphatic hydroxyl groups is 1. The lowest BCUT2D eigenvalue weighted by Gasteiger charge is -2.41. The fraction of sp³-hybridized carbons (Fsp3) is 0.762. The van der Waals surface area contributed by atoms with Crippen LogP contribution in [-0.2, 0) is 52.7 Å². The van der Waals surface area contributed by atoms with Crippen LogP contribution in [-0.4, -0.2) is 227 Å². The normalized spacial score (nSPS) is 26.7. The Hall–Kier alpha value is -6.39. The molecule has 0 saturated carbocycles. The minimum absolute atomic E-state index is 0.0125. The summed E-state index contributed by atoms with van der Waals surface area (Å²) in [6.45, 7) is 31.2. The Kier molecular flexibility index (Phi) is 32.0. The maximum atomic E-state index is 15.2. The third-order valence-electron chi connectivity index (χ3n) is 16.1. The predicted octanol–water partition coefficient (Wildman–Crippen LogP) is 3.44. The number of nitrogens with zero attached hydrogens (tertiary/aromatic N) is 7. The van der Waals surface area contributed by atoms with E-state index in [4.69, 9.17) is 0 Å². The number of carbonyl (C=O) groups is 11. The second kappa shape index (κ2) is 35.4. The number of rotatable bonds is 16. The highest BCUT2D eigenvalue weighted by Crippen LogP contribution is 2.26. The monoisotopic (exact) mass is 1210 g/mol. The molecule has 23 heteroatoms. The second-order valence-electron chi connectivity index (χ2n) is 26.2. The van der Waals surface area contributed by atoms with E-state index in [1.54, 1.807) is 59.8 Å². The van der Waals surface area contributed by atoms with Crippen molar-refractivity contribution in [2.45, 2.75) is 216 Å². The molecule has 490 valence electrons. The highest BCUT2D eigenvalue weighted by molar-refractivity contribution is 5.99. The molecular weight excluding hydrogens is 1100 g/mol. The third-order valence-corrected chi connectivity index (χ3v) is 16.1. The Balaban J connectivity index is 4.34. The van der Waals surface area contributed by atoms with Crippen LogP contribution in [0.3, 0.4) is 0 Å². The number of aliphatic hydroxyl groups excluding tert-OH is 1. The largest absolute Gasteiger partial charge is 0.390 e. The number of allylic oxidation sites excluding steroid dienone is 3. The summed E-state index contributed by atoms with van der Waals surface area (Å²) >= 11 is 0. The zero-order valence-electron chi connectivity index (χ0n) is 56.3. The van der Waals surface area contributed by atoms with E-state index < -0.39 is 156 Å². The van der Waals surface area contributed by atoms with Gasteiger partial charge in [-0.3, -0.25) is 52.7 Å². The van der Waals surface area contributed by atoms with E-state index >= 15 is 9.59 Å². The van der Waals surface area contributed by atoms with E-state index in [2.05, 4.69) is 27.8 Å². The SMILES string of the molecule is C=C/C=C/C[C@@H](C)[C@@H](O)[C@H]1C(=O)N[C@@H](CC)C(=O)N(C)CC(=O)N(C)[C@@H](CC(C)C)C(=O)N[C@@H](C(C)C)C(=O)N(C)[C@@H](CC(C)C)C(=O)N[C@@H](C)C(=O)N[C@H](C)C(=O)N(C)[C@@H](CC(C)C)C(=O)N(C)[C@@H](CC(C)C)C(=O)N(C)[C@@H](C(C)C)C(=O)N1C. The van der Waals surface area contributed by atoms with Crippen LogP contribution in [0.4, 0.5) is 0 Å². The van der Waals surface area contributed by atoms with E-state index in [1.807, 2.05) is 55.4 Å². The molecule has 1 saturated heterocycles. The predicted molar refractivity (Wildman–Crippen MR) is 333 cm³/mol. The Morgan fingerprint density at radius 1 is 0.477 bits per heavy atom. The first kappa shape index (κ1) is 77.6. The highest BCUT2D eigenvalue weighted by atomic mass is 16.3. The smallest absolute Gasteiger partial charge is 0.246 e. The minimum atomic E-state index is -1.64.